The van der Waals surface area contributed by atoms with Gasteiger partial charge >= 0.3 is 6.03 Å². The Kier molecular flexibility index (Phi) is 5.97. The zero-order valence-electron chi connectivity index (χ0n) is 13.2. The minimum Gasteiger partial charge on any atom is -0.338 e. The maximum Gasteiger partial charge on any atom is 0.314 e. The standard InChI is InChI=1S/C15H23N5OS/c1-19(2)14(13-5-7-22-11-13)9-17-15(21)16-6-4-12-8-18-20(3)10-12/h5,7-8,10-11,14H,4,6,9H2,1-3H3,(H2,16,17,21)/t14-/m0/s1. The van der Waals surface area contributed by atoms with Crippen LogP contribution in [0.3, 0.4) is 0 Å². The normalized spacial score (nSPS) is 12.4. The smallest absolute Gasteiger partial charge is 0.314 e. The molecule has 2 aromatic rings. The number of hydrogen-bond acceptors (Lipinski definition) is 4. The maximum absolute atomic E-state index is 11.9. The number of aromatic nitrogens is 2. The number of amides is 2. The predicted molar refractivity (Wildman–Crippen MR) is 89.1 cm³/mol. The summed E-state index contributed by atoms with van der Waals surface area (Å²) in [5.41, 5.74) is 2.35. The Labute approximate surface area is 135 Å². The van der Waals surface area contributed by atoms with Crippen molar-refractivity contribution >= 4 is 17.4 Å². The molecule has 2 heterocycles. The van der Waals surface area contributed by atoms with E-state index in [2.05, 4.69) is 37.5 Å². The van der Waals surface area contributed by atoms with Crippen molar-refractivity contribution in [2.75, 3.05) is 27.2 Å². The molecule has 2 amide bonds. The van der Waals surface area contributed by atoms with Crippen LogP contribution in [0.25, 0.3) is 0 Å². The lowest BCUT2D eigenvalue weighted by atomic mass is 10.1. The van der Waals surface area contributed by atoms with E-state index in [0.717, 1.165) is 12.0 Å². The molecule has 2 N–H and O–H groups in total. The molecule has 0 saturated heterocycles. The molecule has 0 aliphatic rings. The molecule has 0 radical (unpaired) electrons. The number of aryl methyl sites for hydroxylation is 1. The van der Waals surface area contributed by atoms with Crippen LogP contribution in [0.2, 0.25) is 0 Å². The van der Waals surface area contributed by atoms with E-state index in [4.69, 9.17) is 0 Å². The molecule has 120 valence electrons. The monoisotopic (exact) mass is 321 g/mol. The molecular weight excluding hydrogens is 298 g/mol. The van der Waals surface area contributed by atoms with Gasteiger partial charge in [0.2, 0.25) is 0 Å². The Morgan fingerprint density at radius 2 is 2.27 bits per heavy atom. The average molecular weight is 321 g/mol. The van der Waals surface area contributed by atoms with Crippen LogP contribution in [-0.4, -0.2) is 47.9 Å². The number of urea groups is 1. The topological polar surface area (TPSA) is 62.2 Å². The van der Waals surface area contributed by atoms with E-state index in [9.17, 15) is 4.79 Å². The van der Waals surface area contributed by atoms with Crippen LogP contribution in [-0.2, 0) is 13.5 Å². The van der Waals surface area contributed by atoms with Crippen molar-refractivity contribution in [1.82, 2.24) is 25.3 Å². The van der Waals surface area contributed by atoms with Crippen molar-refractivity contribution < 1.29 is 4.79 Å². The summed E-state index contributed by atoms with van der Waals surface area (Å²) in [5.74, 6) is 0. The van der Waals surface area contributed by atoms with Gasteiger partial charge in [-0.2, -0.15) is 16.4 Å². The zero-order valence-corrected chi connectivity index (χ0v) is 14.1. The van der Waals surface area contributed by atoms with Gasteiger partial charge in [0.25, 0.3) is 0 Å². The van der Waals surface area contributed by atoms with Gasteiger partial charge in [-0.15, -0.1) is 0 Å². The molecule has 22 heavy (non-hydrogen) atoms. The van der Waals surface area contributed by atoms with Crippen molar-refractivity contribution in [1.29, 1.82) is 0 Å². The molecule has 2 aromatic heterocycles. The molecule has 0 saturated carbocycles. The molecule has 0 unspecified atom stereocenters. The molecular formula is C15H23N5OS. The van der Waals surface area contributed by atoms with E-state index in [0.29, 0.717) is 13.1 Å². The third-order valence-corrected chi connectivity index (χ3v) is 4.17. The van der Waals surface area contributed by atoms with Crippen LogP contribution in [0.4, 0.5) is 4.79 Å². The number of rotatable bonds is 7. The summed E-state index contributed by atoms with van der Waals surface area (Å²) < 4.78 is 1.76. The second-order valence-corrected chi connectivity index (χ2v) is 6.23. The molecule has 0 aliphatic heterocycles. The lowest BCUT2D eigenvalue weighted by Crippen LogP contribution is -2.41. The highest BCUT2D eigenvalue weighted by Crippen LogP contribution is 2.19. The number of likely N-dealkylation sites (N-methyl/N-ethyl adjacent to an activating group) is 1. The molecule has 0 spiro atoms. The van der Waals surface area contributed by atoms with Crippen LogP contribution in [0.1, 0.15) is 17.2 Å². The number of carbonyl (C=O) groups is 1. The number of thiophene rings is 1. The predicted octanol–water partition coefficient (Wildman–Crippen LogP) is 1.63. The van der Waals surface area contributed by atoms with Crippen LogP contribution in [0.5, 0.6) is 0 Å². The van der Waals surface area contributed by atoms with Crippen LogP contribution < -0.4 is 10.6 Å². The van der Waals surface area contributed by atoms with E-state index < -0.39 is 0 Å². The van der Waals surface area contributed by atoms with Gasteiger partial charge in [0.15, 0.2) is 0 Å². The van der Waals surface area contributed by atoms with E-state index in [1.807, 2.05) is 33.5 Å². The van der Waals surface area contributed by atoms with Gasteiger partial charge < -0.3 is 15.5 Å². The van der Waals surface area contributed by atoms with E-state index in [1.54, 1.807) is 16.0 Å². The fraction of sp³-hybridized carbons (Fsp3) is 0.467. The lowest BCUT2D eigenvalue weighted by Gasteiger charge is -2.24. The summed E-state index contributed by atoms with van der Waals surface area (Å²) in [6.45, 7) is 1.19. The van der Waals surface area contributed by atoms with Gasteiger partial charge in [-0.25, -0.2) is 4.79 Å². The largest absolute Gasteiger partial charge is 0.338 e. The Bertz CT molecular complexity index is 579. The van der Waals surface area contributed by atoms with Gasteiger partial charge in [-0.1, -0.05) is 0 Å². The second kappa shape index (κ2) is 7.95. The van der Waals surface area contributed by atoms with Crippen LogP contribution in [0, 0.1) is 0 Å². The Hall–Kier alpha value is -1.86. The Morgan fingerprint density at radius 1 is 1.45 bits per heavy atom. The summed E-state index contributed by atoms with van der Waals surface area (Å²) in [6.07, 6.45) is 4.55. The molecule has 2 rings (SSSR count). The first-order valence-corrected chi connectivity index (χ1v) is 8.18. The summed E-state index contributed by atoms with van der Waals surface area (Å²) in [5, 5.41) is 14.1. The van der Waals surface area contributed by atoms with E-state index >= 15 is 0 Å². The first kappa shape index (κ1) is 16.5. The van der Waals surface area contributed by atoms with Gasteiger partial charge in [0.1, 0.15) is 0 Å². The molecule has 0 aromatic carbocycles. The second-order valence-electron chi connectivity index (χ2n) is 5.45. The van der Waals surface area contributed by atoms with E-state index in [-0.39, 0.29) is 12.1 Å². The first-order chi connectivity index (χ1) is 10.6. The SMILES string of the molecule is CN(C)[C@@H](CNC(=O)NCCc1cnn(C)c1)c1ccsc1. The van der Waals surface area contributed by atoms with Crippen molar-refractivity contribution in [2.24, 2.45) is 7.05 Å². The molecule has 7 heteroatoms. The fourth-order valence-corrected chi connectivity index (χ4v) is 2.94. The van der Waals surface area contributed by atoms with Crippen molar-refractivity contribution in [2.45, 2.75) is 12.5 Å². The quantitative estimate of drug-likeness (QED) is 0.815. The van der Waals surface area contributed by atoms with Gasteiger partial charge in [0.05, 0.1) is 12.2 Å². The minimum atomic E-state index is -0.133. The molecule has 6 nitrogen and oxygen atoms in total. The number of nitrogens with one attached hydrogen (secondary N) is 2. The van der Waals surface area contributed by atoms with Gasteiger partial charge in [0, 0.05) is 26.3 Å². The molecule has 0 fully saturated rings. The fourth-order valence-electron chi connectivity index (χ4n) is 2.24. The summed E-state index contributed by atoms with van der Waals surface area (Å²) in [4.78, 5) is 14.0. The highest BCUT2D eigenvalue weighted by atomic mass is 32.1. The van der Waals surface area contributed by atoms with Gasteiger partial charge in [-0.05, 0) is 48.5 Å². The number of hydrogen-bond donors (Lipinski definition) is 2. The molecule has 0 bridgehead atoms. The number of nitrogens with zero attached hydrogens (tertiary/aromatic N) is 3. The highest BCUT2D eigenvalue weighted by Gasteiger charge is 2.15. The van der Waals surface area contributed by atoms with Crippen molar-refractivity contribution in [3.63, 3.8) is 0 Å². The van der Waals surface area contributed by atoms with Crippen molar-refractivity contribution in [3.8, 4) is 0 Å². The third kappa shape index (κ3) is 4.85. The molecule has 1 atom stereocenters. The van der Waals surface area contributed by atoms with Crippen LogP contribution in [0.15, 0.2) is 29.2 Å². The number of carbonyl (C=O) groups excluding carboxylic acids is 1. The molecule has 0 aliphatic carbocycles. The first-order valence-electron chi connectivity index (χ1n) is 7.24. The summed E-state index contributed by atoms with van der Waals surface area (Å²) in [7, 11) is 5.92. The summed E-state index contributed by atoms with van der Waals surface area (Å²) in [6, 6.07) is 2.15. The lowest BCUT2D eigenvalue weighted by molar-refractivity contribution is 0.233. The minimum absolute atomic E-state index is 0.133. The zero-order chi connectivity index (χ0) is 15.9. The van der Waals surface area contributed by atoms with E-state index in [1.165, 1.54) is 5.56 Å². The Balaban J connectivity index is 1.72. The van der Waals surface area contributed by atoms with Crippen molar-refractivity contribution in [3.05, 3.63) is 40.3 Å². The summed E-state index contributed by atoms with van der Waals surface area (Å²) >= 11 is 1.67. The van der Waals surface area contributed by atoms with Crippen LogP contribution >= 0.6 is 11.3 Å². The Morgan fingerprint density at radius 3 is 2.86 bits per heavy atom. The highest BCUT2D eigenvalue weighted by molar-refractivity contribution is 7.07. The third-order valence-electron chi connectivity index (χ3n) is 3.46. The van der Waals surface area contributed by atoms with Gasteiger partial charge in [-0.3, -0.25) is 4.68 Å². The average Bonchev–Trinajstić information content (AvgIpc) is 3.11. The maximum atomic E-state index is 11.9.